The monoisotopic (exact) mass is 276 g/mol. The first kappa shape index (κ1) is 13.7. The van der Waals surface area contributed by atoms with E-state index in [9.17, 15) is 5.11 Å². The molecule has 1 saturated heterocycles. The van der Waals surface area contributed by atoms with Crippen LogP contribution in [0, 0.1) is 0 Å². The molecule has 20 heavy (non-hydrogen) atoms. The molecule has 1 aromatic carbocycles. The first-order chi connectivity index (χ1) is 9.78. The van der Waals surface area contributed by atoms with E-state index in [0.29, 0.717) is 6.04 Å². The van der Waals surface area contributed by atoms with Crippen LogP contribution in [0.5, 0.6) is 5.75 Å². The molecule has 0 radical (unpaired) electrons. The number of aliphatic hydroxyl groups is 1. The summed E-state index contributed by atoms with van der Waals surface area (Å²) in [5, 5.41) is 10.0. The van der Waals surface area contributed by atoms with Gasteiger partial charge in [-0.1, -0.05) is 6.07 Å². The van der Waals surface area contributed by atoms with Crippen molar-refractivity contribution in [3.63, 3.8) is 0 Å². The fourth-order valence-corrected chi connectivity index (χ4v) is 3.47. The van der Waals surface area contributed by atoms with Crippen molar-refractivity contribution in [2.24, 2.45) is 0 Å². The average Bonchev–Trinajstić information content (AvgIpc) is 2.94. The Morgan fingerprint density at radius 2 is 1.95 bits per heavy atom. The summed E-state index contributed by atoms with van der Waals surface area (Å²) in [6.07, 6.45) is 3.18. The predicted molar refractivity (Wildman–Crippen MR) is 80.4 cm³/mol. The molecule has 1 aliphatic heterocycles. The van der Waals surface area contributed by atoms with Crippen LogP contribution >= 0.6 is 0 Å². The van der Waals surface area contributed by atoms with Gasteiger partial charge in [-0.2, -0.15) is 0 Å². The normalized spacial score (nSPS) is 27.8. The second-order valence-electron chi connectivity index (χ2n) is 5.79. The summed E-state index contributed by atoms with van der Waals surface area (Å²) in [4.78, 5) is 4.87. The zero-order valence-corrected chi connectivity index (χ0v) is 12.2. The molecule has 4 heteroatoms. The van der Waals surface area contributed by atoms with Crippen LogP contribution in [0.25, 0.3) is 0 Å². The molecule has 0 aromatic heterocycles. The Balaban J connectivity index is 1.60. The van der Waals surface area contributed by atoms with Crippen LogP contribution in [0.2, 0.25) is 0 Å². The molecular formula is C16H24N2O2. The summed E-state index contributed by atoms with van der Waals surface area (Å²) in [7, 11) is 1.71. The Labute approximate surface area is 120 Å². The molecule has 3 rings (SSSR count). The Kier molecular flexibility index (Phi) is 4.13. The predicted octanol–water partition coefficient (Wildman–Crippen LogP) is 1.73. The minimum absolute atomic E-state index is 0.113. The quantitative estimate of drug-likeness (QED) is 0.912. The van der Waals surface area contributed by atoms with Gasteiger partial charge in [-0.05, 0) is 31.4 Å². The zero-order valence-electron chi connectivity index (χ0n) is 12.2. The largest absolute Gasteiger partial charge is 0.497 e. The second-order valence-corrected chi connectivity index (χ2v) is 5.79. The van der Waals surface area contributed by atoms with Gasteiger partial charge in [0, 0.05) is 44.0 Å². The van der Waals surface area contributed by atoms with Gasteiger partial charge in [0.05, 0.1) is 13.2 Å². The second kappa shape index (κ2) is 6.02. The summed E-state index contributed by atoms with van der Waals surface area (Å²) < 4.78 is 5.29. The van der Waals surface area contributed by atoms with Crippen LogP contribution in [-0.2, 0) is 0 Å². The molecule has 110 valence electrons. The van der Waals surface area contributed by atoms with Crippen LogP contribution in [0.1, 0.15) is 19.3 Å². The summed E-state index contributed by atoms with van der Waals surface area (Å²) in [6.45, 7) is 4.13. The molecule has 1 N–H and O–H groups in total. The van der Waals surface area contributed by atoms with Gasteiger partial charge in [0.2, 0.25) is 0 Å². The number of aliphatic hydroxyl groups excluding tert-OH is 1. The van der Waals surface area contributed by atoms with Crippen molar-refractivity contribution in [3.8, 4) is 5.75 Å². The standard InChI is InChI=1S/C16H24N2O2/c1-20-14-5-2-4-13(12-14)17-8-10-18(11-9-17)15-6-3-7-16(15)19/h2,4-5,12,15-16,19H,3,6-11H2,1H3/t15-,16-/m1/s1. The summed E-state index contributed by atoms with van der Waals surface area (Å²) in [5.41, 5.74) is 1.23. The highest BCUT2D eigenvalue weighted by Crippen LogP contribution is 2.27. The van der Waals surface area contributed by atoms with E-state index in [1.165, 1.54) is 12.1 Å². The van der Waals surface area contributed by atoms with Gasteiger partial charge < -0.3 is 14.7 Å². The van der Waals surface area contributed by atoms with Gasteiger partial charge in [-0.25, -0.2) is 0 Å². The molecule has 2 fully saturated rings. The average molecular weight is 276 g/mol. The molecule has 0 spiro atoms. The maximum absolute atomic E-state index is 10.0. The van der Waals surface area contributed by atoms with Crippen molar-refractivity contribution in [1.82, 2.24) is 4.90 Å². The maximum Gasteiger partial charge on any atom is 0.120 e. The van der Waals surface area contributed by atoms with Crippen LogP contribution in [0.3, 0.4) is 0 Å². The fourth-order valence-electron chi connectivity index (χ4n) is 3.47. The van der Waals surface area contributed by atoms with Crippen molar-refractivity contribution in [2.75, 3.05) is 38.2 Å². The summed E-state index contributed by atoms with van der Waals surface area (Å²) in [6, 6.07) is 8.65. The third-order valence-electron chi connectivity index (χ3n) is 4.65. The number of hydrogen-bond acceptors (Lipinski definition) is 4. The minimum atomic E-state index is -0.113. The van der Waals surface area contributed by atoms with Crippen molar-refractivity contribution in [2.45, 2.75) is 31.4 Å². The Hall–Kier alpha value is -1.26. The molecule has 2 aliphatic rings. The molecular weight excluding hydrogens is 252 g/mol. The lowest BCUT2D eigenvalue weighted by Gasteiger charge is -2.40. The molecule has 0 unspecified atom stereocenters. The Bertz CT molecular complexity index is 444. The molecule has 0 bridgehead atoms. The third-order valence-corrected chi connectivity index (χ3v) is 4.65. The van der Waals surface area contributed by atoms with E-state index in [4.69, 9.17) is 4.74 Å². The van der Waals surface area contributed by atoms with Gasteiger partial charge in [0.25, 0.3) is 0 Å². The molecule has 1 saturated carbocycles. The lowest BCUT2D eigenvalue weighted by atomic mass is 10.1. The van der Waals surface area contributed by atoms with Crippen molar-refractivity contribution < 1.29 is 9.84 Å². The number of ether oxygens (including phenoxy) is 1. The van der Waals surface area contributed by atoms with Crippen LogP contribution < -0.4 is 9.64 Å². The van der Waals surface area contributed by atoms with E-state index in [2.05, 4.69) is 21.9 Å². The third kappa shape index (κ3) is 2.76. The van der Waals surface area contributed by atoms with Crippen LogP contribution in [0.4, 0.5) is 5.69 Å². The number of anilines is 1. The Morgan fingerprint density at radius 1 is 1.15 bits per heavy atom. The van der Waals surface area contributed by atoms with E-state index < -0.39 is 0 Å². The highest BCUT2D eigenvalue weighted by molar-refractivity contribution is 5.51. The van der Waals surface area contributed by atoms with Gasteiger partial charge in [-0.15, -0.1) is 0 Å². The van der Waals surface area contributed by atoms with Crippen LogP contribution in [-0.4, -0.2) is 55.4 Å². The number of hydrogen-bond donors (Lipinski definition) is 1. The molecule has 1 heterocycles. The first-order valence-corrected chi connectivity index (χ1v) is 7.59. The number of piperazine rings is 1. The van der Waals surface area contributed by atoms with E-state index in [0.717, 1.165) is 44.8 Å². The van der Waals surface area contributed by atoms with Gasteiger partial charge >= 0.3 is 0 Å². The smallest absolute Gasteiger partial charge is 0.120 e. The molecule has 0 amide bonds. The molecule has 4 nitrogen and oxygen atoms in total. The van der Waals surface area contributed by atoms with Crippen molar-refractivity contribution in [1.29, 1.82) is 0 Å². The van der Waals surface area contributed by atoms with Crippen LogP contribution in [0.15, 0.2) is 24.3 Å². The number of rotatable bonds is 3. The molecule has 2 atom stereocenters. The number of methoxy groups -OCH3 is 1. The molecule has 1 aliphatic carbocycles. The van der Waals surface area contributed by atoms with Gasteiger partial charge in [0.1, 0.15) is 5.75 Å². The molecule has 1 aromatic rings. The first-order valence-electron chi connectivity index (χ1n) is 7.59. The van der Waals surface area contributed by atoms with Crippen molar-refractivity contribution >= 4 is 5.69 Å². The summed E-state index contributed by atoms with van der Waals surface area (Å²) >= 11 is 0. The van der Waals surface area contributed by atoms with E-state index in [1.54, 1.807) is 7.11 Å². The highest BCUT2D eigenvalue weighted by Gasteiger charge is 2.32. The maximum atomic E-state index is 10.0. The number of nitrogens with zero attached hydrogens (tertiary/aromatic N) is 2. The Morgan fingerprint density at radius 3 is 2.60 bits per heavy atom. The summed E-state index contributed by atoms with van der Waals surface area (Å²) in [5.74, 6) is 0.913. The number of benzene rings is 1. The van der Waals surface area contributed by atoms with E-state index >= 15 is 0 Å². The lowest BCUT2D eigenvalue weighted by Crippen LogP contribution is -2.52. The fraction of sp³-hybridized carbons (Fsp3) is 0.625. The topological polar surface area (TPSA) is 35.9 Å². The highest BCUT2D eigenvalue weighted by atomic mass is 16.5. The minimum Gasteiger partial charge on any atom is -0.497 e. The van der Waals surface area contributed by atoms with E-state index in [1.807, 2.05) is 12.1 Å². The lowest BCUT2D eigenvalue weighted by molar-refractivity contribution is 0.0671. The van der Waals surface area contributed by atoms with Crippen molar-refractivity contribution in [3.05, 3.63) is 24.3 Å². The van der Waals surface area contributed by atoms with Gasteiger partial charge in [-0.3, -0.25) is 4.90 Å². The zero-order chi connectivity index (χ0) is 13.9. The van der Waals surface area contributed by atoms with E-state index in [-0.39, 0.29) is 6.10 Å². The SMILES string of the molecule is COc1cccc(N2CCN([C@@H]3CCC[C@H]3O)CC2)c1. The van der Waals surface area contributed by atoms with Gasteiger partial charge in [0.15, 0.2) is 0 Å².